The number of ketones is 1. The third kappa shape index (κ3) is 2.62. The Morgan fingerprint density at radius 3 is 2.44 bits per heavy atom. The monoisotopic (exact) mass is 236 g/mol. The highest BCUT2D eigenvalue weighted by Gasteiger charge is 2.40. The Balaban J connectivity index is 3.13. The molecule has 4 nitrogen and oxygen atoms in total. The molecule has 1 heterocycles. The highest BCUT2D eigenvalue weighted by atomic mass is 19.4. The molecule has 1 aromatic heterocycles. The van der Waals surface area contributed by atoms with E-state index in [1.165, 1.54) is 6.92 Å². The van der Waals surface area contributed by atoms with Crippen molar-refractivity contribution in [3.05, 3.63) is 23.2 Å². The molecule has 0 unspecified atom stereocenters. The molecule has 0 atom stereocenters. The molecule has 0 radical (unpaired) electrons. The van der Waals surface area contributed by atoms with E-state index in [1.54, 1.807) is 0 Å². The van der Waals surface area contributed by atoms with Crippen LogP contribution in [0, 0.1) is 6.92 Å². The fourth-order valence-corrected chi connectivity index (χ4v) is 1.16. The van der Waals surface area contributed by atoms with E-state index in [2.05, 4.69) is 4.42 Å². The fraction of sp³-hybridized carbons (Fsp3) is 0.333. The summed E-state index contributed by atoms with van der Waals surface area (Å²) < 4.78 is 41.4. The molecule has 1 N–H and O–H groups in total. The first-order valence-electron chi connectivity index (χ1n) is 4.14. The number of carbonyl (C=O) groups is 2. The number of Topliss-reactive ketones (excluding diaryl/α,β-unsaturated/α-hetero) is 1. The minimum absolute atomic E-state index is 0.0962. The lowest BCUT2D eigenvalue weighted by Gasteiger charge is -2.04. The number of halogens is 3. The number of carbonyl (C=O) groups excluding carboxylic acids is 1. The van der Waals surface area contributed by atoms with Crippen LogP contribution in [-0.4, -0.2) is 16.9 Å². The highest BCUT2D eigenvalue weighted by molar-refractivity contribution is 6.06. The zero-order valence-corrected chi connectivity index (χ0v) is 8.09. The zero-order chi connectivity index (χ0) is 12.5. The van der Waals surface area contributed by atoms with Gasteiger partial charge in [0.15, 0.2) is 5.78 Å². The molecule has 1 aromatic rings. The van der Waals surface area contributed by atoms with Crippen LogP contribution < -0.4 is 0 Å². The number of carboxylic acid groups (broad SMARTS) is 1. The lowest BCUT2D eigenvalue weighted by molar-refractivity contribution is -0.153. The summed E-state index contributed by atoms with van der Waals surface area (Å²) >= 11 is 0. The van der Waals surface area contributed by atoms with E-state index in [-0.39, 0.29) is 5.76 Å². The maximum absolute atomic E-state index is 12.4. The van der Waals surface area contributed by atoms with E-state index >= 15 is 0 Å². The molecule has 88 valence electrons. The van der Waals surface area contributed by atoms with Crippen LogP contribution in [0.3, 0.4) is 0 Å². The third-order valence-electron chi connectivity index (χ3n) is 1.72. The van der Waals surface area contributed by atoms with Crippen LogP contribution in [0.4, 0.5) is 13.2 Å². The van der Waals surface area contributed by atoms with Crippen LogP contribution in [0.2, 0.25) is 0 Å². The minimum Gasteiger partial charge on any atom is -0.481 e. The zero-order valence-electron chi connectivity index (χ0n) is 8.09. The molecule has 0 fully saturated rings. The Hall–Kier alpha value is -1.79. The number of aliphatic carboxylic acids is 1. The second kappa shape index (κ2) is 3.99. The van der Waals surface area contributed by atoms with Crippen molar-refractivity contribution in [1.29, 1.82) is 0 Å². The van der Waals surface area contributed by atoms with Crippen molar-refractivity contribution in [3.8, 4) is 0 Å². The Kier molecular flexibility index (Phi) is 3.06. The quantitative estimate of drug-likeness (QED) is 0.645. The van der Waals surface area contributed by atoms with Gasteiger partial charge in [0, 0.05) is 0 Å². The van der Waals surface area contributed by atoms with Gasteiger partial charge in [-0.05, 0) is 13.0 Å². The van der Waals surface area contributed by atoms with Crippen LogP contribution >= 0.6 is 0 Å². The van der Waals surface area contributed by atoms with Gasteiger partial charge in [0.2, 0.25) is 5.76 Å². The van der Waals surface area contributed by atoms with Crippen LogP contribution in [0.15, 0.2) is 10.5 Å². The van der Waals surface area contributed by atoms with Crippen molar-refractivity contribution in [2.75, 3.05) is 0 Å². The number of aryl methyl sites for hydroxylation is 1. The van der Waals surface area contributed by atoms with Crippen molar-refractivity contribution in [2.45, 2.75) is 19.5 Å². The Morgan fingerprint density at radius 2 is 2.00 bits per heavy atom. The summed E-state index contributed by atoms with van der Waals surface area (Å²) in [5.41, 5.74) is -0.743. The number of rotatable bonds is 3. The maximum atomic E-state index is 12.4. The summed E-state index contributed by atoms with van der Waals surface area (Å²) in [6.45, 7) is 1.24. The van der Waals surface area contributed by atoms with E-state index in [1.807, 2.05) is 0 Å². The van der Waals surface area contributed by atoms with Gasteiger partial charge in [0.1, 0.15) is 12.2 Å². The summed E-state index contributed by atoms with van der Waals surface area (Å²) in [7, 11) is 0. The molecule has 0 saturated heterocycles. The van der Waals surface area contributed by atoms with E-state index in [9.17, 15) is 22.8 Å². The molecular formula is C9H7F3O4. The first-order chi connectivity index (χ1) is 7.21. The van der Waals surface area contributed by atoms with Crippen molar-refractivity contribution >= 4 is 11.8 Å². The maximum Gasteiger partial charge on any atom is 0.450 e. The van der Waals surface area contributed by atoms with E-state index in [0.717, 1.165) is 6.07 Å². The van der Waals surface area contributed by atoms with Crippen molar-refractivity contribution in [1.82, 2.24) is 0 Å². The number of carboxylic acids is 1. The Morgan fingerprint density at radius 1 is 1.44 bits per heavy atom. The number of furan rings is 1. The molecule has 0 aliphatic carbocycles. The summed E-state index contributed by atoms with van der Waals surface area (Å²) in [6.07, 6.45) is -5.81. The molecule has 1 rings (SSSR count). The molecule has 0 amide bonds. The van der Waals surface area contributed by atoms with E-state index in [0.29, 0.717) is 0 Å². The second-order valence-electron chi connectivity index (χ2n) is 3.09. The summed E-state index contributed by atoms with van der Waals surface area (Å²) in [4.78, 5) is 21.4. The van der Waals surface area contributed by atoms with Gasteiger partial charge in [-0.3, -0.25) is 9.59 Å². The lowest BCUT2D eigenvalue weighted by atomic mass is 10.1. The molecule has 0 spiro atoms. The fourth-order valence-electron chi connectivity index (χ4n) is 1.16. The molecule has 7 heteroatoms. The van der Waals surface area contributed by atoms with Gasteiger partial charge in [-0.15, -0.1) is 0 Å². The molecule has 0 aliphatic rings. The minimum atomic E-state index is -4.81. The van der Waals surface area contributed by atoms with Gasteiger partial charge in [-0.25, -0.2) is 0 Å². The van der Waals surface area contributed by atoms with E-state index < -0.39 is 35.7 Å². The topological polar surface area (TPSA) is 67.5 Å². The van der Waals surface area contributed by atoms with Crippen LogP contribution in [0.25, 0.3) is 0 Å². The van der Waals surface area contributed by atoms with E-state index in [4.69, 9.17) is 5.11 Å². The van der Waals surface area contributed by atoms with Gasteiger partial charge < -0.3 is 9.52 Å². The molecule has 0 aromatic carbocycles. The number of hydrogen-bond donors (Lipinski definition) is 1. The van der Waals surface area contributed by atoms with Crippen molar-refractivity contribution in [3.63, 3.8) is 0 Å². The Labute approximate surface area is 87.7 Å². The summed E-state index contributed by atoms with van der Waals surface area (Å²) in [5, 5.41) is 8.31. The van der Waals surface area contributed by atoms with Gasteiger partial charge >= 0.3 is 12.1 Å². The average molecular weight is 236 g/mol. The van der Waals surface area contributed by atoms with Crippen LogP contribution in [-0.2, 0) is 11.0 Å². The smallest absolute Gasteiger partial charge is 0.450 e. The first-order valence-corrected chi connectivity index (χ1v) is 4.14. The first kappa shape index (κ1) is 12.3. The second-order valence-corrected chi connectivity index (χ2v) is 3.09. The molecule has 0 bridgehead atoms. The largest absolute Gasteiger partial charge is 0.481 e. The third-order valence-corrected chi connectivity index (χ3v) is 1.72. The predicted octanol–water partition coefficient (Wildman–Crippen LogP) is 2.26. The van der Waals surface area contributed by atoms with Crippen molar-refractivity contribution in [2.24, 2.45) is 0 Å². The lowest BCUT2D eigenvalue weighted by Crippen LogP contribution is -2.13. The van der Waals surface area contributed by atoms with Gasteiger partial charge in [0.05, 0.1) is 5.56 Å². The van der Waals surface area contributed by atoms with Gasteiger partial charge in [0.25, 0.3) is 0 Å². The number of alkyl halides is 3. The molecular weight excluding hydrogens is 229 g/mol. The molecule has 0 saturated carbocycles. The highest BCUT2D eigenvalue weighted by Crippen LogP contribution is 2.34. The standard InChI is InChI=1S/C9H7F3O4/c1-4-2-5(6(13)3-7(14)15)8(16-4)9(10,11)12/h2H,3H2,1H3,(H,14,15). The van der Waals surface area contributed by atoms with Crippen LogP contribution in [0.5, 0.6) is 0 Å². The molecule has 16 heavy (non-hydrogen) atoms. The molecule has 0 aliphatic heterocycles. The summed E-state index contributed by atoms with van der Waals surface area (Å²) in [6, 6.07) is 0.883. The van der Waals surface area contributed by atoms with Gasteiger partial charge in [-0.1, -0.05) is 0 Å². The summed E-state index contributed by atoms with van der Waals surface area (Å²) in [5.74, 6) is -4.16. The Bertz CT molecular complexity index is 430. The van der Waals surface area contributed by atoms with Crippen LogP contribution in [0.1, 0.15) is 28.3 Å². The predicted molar refractivity (Wildman–Crippen MR) is 45.0 cm³/mol. The van der Waals surface area contributed by atoms with Crippen molar-refractivity contribution < 1.29 is 32.3 Å². The SMILES string of the molecule is Cc1cc(C(=O)CC(=O)O)c(C(F)(F)F)o1. The average Bonchev–Trinajstić information content (AvgIpc) is 2.45. The number of hydrogen-bond acceptors (Lipinski definition) is 3. The van der Waals surface area contributed by atoms with Gasteiger partial charge in [-0.2, -0.15) is 13.2 Å². The normalized spacial score (nSPS) is 11.5.